The number of nitrogens with one attached hydrogen (secondary N) is 3. The first-order chi connectivity index (χ1) is 9.74. The van der Waals surface area contributed by atoms with Gasteiger partial charge in [-0.2, -0.15) is 5.26 Å². The maximum atomic E-state index is 11.7. The van der Waals surface area contributed by atoms with Crippen molar-refractivity contribution in [2.24, 2.45) is 0 Å². The summed E-state index contributed by atoms with van der Waals surface area (Å²) in [4.78, 5) is 23.9. The van der Waals surface area contributed by atoms with Crippen molar-refractivity contribution in [1.82, 2.24) is 10.6 Å². The molecule has 114 valence electrons. The fraction of sp³-hybridized carbons (Fsp3) is 0.500. The summed E-state index contributed by atoms with van der Waals surface area (Å²) in [6.07, 6.45) is 0. The van der Waals surface area contributed by atoms with Crippen LogP contribution >= 0.6 is 11.3 Å². The number of nitrogens with zero attached hydrogens (tertiary/aromatic N) is 1. The van der Waals surface area contributed by atoms with E-state index < -0.39 is 6.03 Å². The Morgan fingerprint density at radius 2 is 1.90 bits per heavy atom. The summed E-state index contributed by atoms with van der Waals surface area (Å²) in [6, 6.07) is 3.53. The molecule has 0 fully saturated rings. The van der Waals surface area contributed by atoms with Crippen molar-refractivity contribution in [3.05, 3.63) is 15.8 Å². The first-order valence-corrected chi connectivity index (χ1v) is 7.39. The van der Waals surface area contributed by atoms with Gasteiger partial charge in [0.25, 0.3) is 0 Å². The van der Waals surface area contributed by atoms with Crippen LogP contribution in [0.4, 0.5) is 10.5 Å². The summed E-state index contributed by atoms with van der Waals surface area (Å²) < 4.78 is 0. The molecule has 1 heterocycles. The molecule has 7 heteroatoms. The molecule has 1 aromatic heterocycles. The molecule has 0 aliphatic carbocycles. The molecular weight excluding hydrogens is 288 g/mol. The molecule has 0 bridgehead atoms. The predicted octanol–water partition coefficient (Wildman–Crippen LogP) is 2.17. The van der Waals surface area contributed by atoms with E-state index in [0.29, 0.717) is 23.7 Å². The number of hydrogen-bond acceptors (Lipinski definition) is 4. The van der Waals surface area contributed by atoms with Crippen molar-refractivity contribution in [1.29, 1.82) is 5.26 Å². The van der Waals surface area contributed by atoms with Gasteiger partial charge in [0, 0.05) is 24.9 Å². The van der Waals surface area contributed by atoms with Crippen LogP contribution in [0.5, 0.6) is 0 Å². The van der Waals surface area contributed by atoms with Crippen molar-refractivity contribution < 1.29 is 9.59 Å². The molecule has 0 aliphatic heterocycles. The number of hydrogen-bond donors (Lipinski definition) is 3. The van der Waals surface area contributed by atoms with Gasteiger partial charge in [0.2, 0.25) is 5.91 Å². The molecule has 0 aromatic carbocycles. The number of urea groups is 1. The van der Waals surface area contributed by atoms with Crippen LogP contribution in [0.25, 0.3) is 0 Å². The number of rotatable bonds is 4. The van der Waals surface area contributed by atoms with Crippen LogP contribution in [0.3, 0.4) is 0 Å². The lowest BCUT2D eigenvalue weighted by Gasteiger charge is -2.15. The highest BCUT2D eigenvalue weighted by Crippen LogP contribution is 2.34. The Kier molecular flexibility index (Phi) is 5.73. The summed E-state index contributed by atoms with van der Waals surface area (Å²) in [6.45, 7) is 8.26. The Labute approximate surface area is 128 Å². The minimum Gasteiger partial charge on any atom is -0.355 e. The number of nitriles is 1. The Hall–Kier alpha value is -2.07. The van der Waals surface area contributed by atoms with Crippen LogP contribution in [0.2, 0.25) is 0 Å². The third kappa shape index (κ3) is 5.44. The molecule has 0 radical (unpaired) electrons. The van der Waals surface area contributed by atoms with Crippen molar-refractivity contribution in [3.63, 3.8) is 0 Å². The van der Waals surface area contributed by atoms with Gasteiger partial charge in [0.05, 0.1) is 5.69 Å². The highest BCUT2D eigenvalue weighted by molar-refractivity contribution is 7.13. The second-order valence-electron chi connectivity index (χ2n) is 5.58. The maximum Gasteiger partial charge on any atom is 0.319 e. The van der Waals surface area contributed by atoms with Gasteiger partial charge in [0.1, 0.15) is 10.9 Å². The normalized spacial score (nSPS) is 10.6. The third-order valence-electron chi connectivity index (χ3n) is 2.61. The molecule has 0 aliphatic rings. The Morgan fingerprint density at radius 3 is 2.43 bits per heavy atom. The molecule has 3 amide bonds. The van der Waals surface area contributed by atoms with Crippen LogP contribution in [0.1, 0.15) is 37.4 Å². The van der Waals surface area contributed by atoms with E-state index in [0.717, 1.165) is 4.88 Å². The maximum absolute atomic E-state index is 11.7. The van der Waals surface area contributed by atoms with E-state index in [1.54, 1.807) is 0 Å². The molecule has 6 nitrogen and oxygen atoms in total. The second-order valence-corrected chi connectivity index (χ2v) is 6.63. The van der Waals surface area contributed by atoms with E-state index >= 15 is 0 Å². The summed E-state index contributed by atoms with van der Waals surface area (Å²) in [5.41, 5.74) is 0.447. The topological polar surface area (TPSA) is 94.0 Å². The Bertz CT molecular complexity index is 567. The number of anilines is 1. The lowest BCUT2D eigenvalue weighted by molar-refractivity contribution is -0.118. The minimum atomic E-state index is -0.393. The average Bonchev–Trinajstić information content (AvgIpc) is 2.77. The van der Waals surface area contributed by atoms with Gasteiger partial charge < -0.3 is 16.0 Å². The zero-order chi connectivity index (χ0) is 16.0. The molecule has 0 unspecified atom stereocenters. The van der Waals surface area contributed by atoms with Crippen LogP contribution in [-0.2, 0) is 10.2 Å². The lowest BCUT2D eigenvalue weighted by Crippen LogP contribution is -2.36. The average molecular weight is 308 g/mol. The Balaban J connectivity index is 2.62. The number of thiophene rings is 1. The number of amides is 3. The minimum absolute atomic E-state index is 0.0713. The molecule has 0 saturated carbocycles. The Morgan fingerprint density at radius 1 is 1.29 bits per heavy atom. The van der Waals surface area contributed by atoms with Crippen molar-refractivity contribution >= 4 is 29.0 Å². The van der Waals surface area contributed by atoms with Gasteiger partial charge >= 0.3 is 6.03 Å². The number of carbonyl (C=O) groups excluding carboxylic acids is 2. The van der Waals surface area contributed by atoms with Gasteiger partial charge in [-0.15, -0.1) is 11.3 Å². The van der Waals surface area contributed by atoms with Crippen molar-refractivity contribution in [2.75, 3.05) is 18.4 Å². The fourth-order valence-corrected chi connectivity index (χ4v) is 2.49. The van der Waals surface area contributed by atoms with E-state index in [9.17, 15) is 9.59 Å². The van der Waals surface area contributed by atoms with Crippen molar-refractivity contribution in [3.8, 4) is 6.07 Å². The third-order valence-corrected chi connectivity index (χ3v) is 4.07. The van der Waals surface area contributed by atoms with Gasteiger partial charge in [-0.1, -0.05) is 20.8 Å². The van der Waals surface area contributed by atoms with E-state index in [2.05, 4.69) is 42.8 Å². The monoisotopic (exact) mass is 308 g/mol. The summed E-state index contributed by atoms with van der Waals surface area (Å²) in [5, 5.41) is 17.0. The highest BCUT2D eigenvalue weighted by atomic mass is 32.1. The molecule has 1 rings (SSSR count). The fourth-order valence-electron chi connectivity index (χ4n) is 1.52. The van der Waals surface area contributed by atoms with Gasteiger partial charge in [-0.3, -0.25) is 4.79 Å². The SMILES string of the molecule is CC(=O)NCCNC(=O)Nc1cc(C(C)(C)C)sc1C#N. The van der Waals surface area contributed by atoms with Gasteiger partial charge in [-0.25, -0.2) is 4.79 Å². The standard InChI is InChI=1S/C14H20N4O2S/c1-9(19)16-5-6-17-13(20)18-10-7-12(14(2,3)4)21-11(10)8-15/h7H,5-6H2,1-4H3,(H,16,19)(H2,17,18,20). The largest absolute Gasteiger partial charge is 0.355 e. The molecule has 1 aromatic rings. The smallest absolute Gasteiger partial charge is 0.319 e. The quantitative estimate of drug-likeness (QED) is 0.744. The van der Waals surface area contributed by atoms with E-state index in [4.69, 9.17) is 5.26 Å². The zero-order valence-electron chi connectivity index (χ0n) is 12.7. The summed E-state index contributed by atoms with van der Waals surface area (Å²) >= 11 is 1.38. The van der Waals surface area contributed by atoms with Crippen LogP contribution in [0, 0.1) is 11.3 Å². The molecule has 3 N–H and O–H groups in total. The van der Waals surface area contributed by atoms with Crippen LogP contribution in [0.15, 0.2) is 6.07 Å². The molecule has 0 saturated heterocycles. The van der Waals surface area contributed by atoms with E-state index in [-0.39, 0.29) is 11.3 Å². The first-order valence-electron chi connectivity index (χ1n) is 6.57. The lowest BCUT2D eigenvalue weighted by atomic mass is 9.94. The second kappa shape index (κ2) is 7.09. The molecule has 0 spiro atoms. The number of carbonyl (C=O) groups is 2. The zero-order valence-corrected chi connectivity index (χ0v) is 13.5. The van der Waals surface area contributed by atoms with Crippen molar-refractivity contribution in [2.45, 2.75) is 33.1 Å². The predicted molar refractivity (Wildman–Crippen MR) is 83.4 cm³/mol. The van der Waals surface area contributed by atoms with E-state index in [1.807, 2.05) is 6.07 Å². The van der Waals surface area contributed by atoms with E-state index in [1.165, 1.54) is 18.3 Å². The van der Waals surface area contributed by atoms with Crippen LogP contribution < -0.4 is 16.0 Å². The molecule has 0 atom stereocenters. The molecule has 21 heavy (non-hydrogen) atoms. The summed E-state index contributed by atoms with van der Waals surface area (Å²) in [7, 11) is 0. The highest BCUT2D eigenvalue weighted by Gasteiger charge is 2.20. The van der Waals surface area contributed by atoms with Gasteiger partial charge in [-0.05, 0) is 11.5 Å². The first kappa shape index (κ1) is 17.0. The van der Waals surface area contributed by atoms with Gasteiger partial charge in [0.15, 0.2) is 0 Å². The molecular formula is C14H20N4O2S. The van der Waals surface area contributed by atoms with Crippen LogP contribution in [-0.4, -0.2) is 25.0 Å². The summed E-state index contributed by atoms with van der Waals surface area (Å²) in [5.74, 6) is -0.142.